The van der Waals surface area contributed by atoms with Gasteiger partial charge in [-0.2, -0.15) is 0 Å². The molecular formula is C13H15BrClNO2. The number of benzene rings is 1. The Morgan fingerprint density at radius 1 is 1.44 bits per heavy atom. The summed E-state index contributed by atoms with van der Waals surface area (Å²) in [6.07, 6.45) is 1.90. The molecule has 1 amide bonds. The number of ether oxygens (including phenoxy) is 1. The summed E-state index contributed by atoms with van der Waals surface area (Å²) in [6.45, 7) is 1.52. The molecule has 0 bridgehead atoms. The number of amides is 1. The molecule has 1 aromatic carbocycles. The molecule has 0 saturated carbocycles. The number of hydrogen-bond donors (Lipinski definition) is 0. The molecule has 0 aliphatic carbocycles. The molecule has 18 heavy (non-hydrogen) atoms. The lowest BCUT2D eigenvalue weighted by Crippen LogP contribution is -2.42. The van der Waals surface area contributed by atoms with E-state index < -0.39 is 0 Å². The molecule has 2 rings (SSSR count). The Balaban J connectivity index is 1.85. The van der Waals surface area contributed by atoms with Crippen LogP contribution in [0.15, 0.2) is 24.3 Å². The molecule has 1 saturated heterocycles. The van der Waals surface area contributed by atoms with Crippen LogP contribution in [0, 0.1) is 0 Å². The van der Waals surface area contributed by atoms with Crippen LogP contribution in [-0.4, -0.2) is 35.3 Å². The standard InChI is InChI=1S/C13H15BrClNO2/c14-9-13(17)16-6-4-11(5-7-16)18-12-3-1-2-10(15)8-12/h1-3,8,11H,4-7,9H2. The third-order valence-corrected chi connectivity index (χ3v) is 3.72. The highest BCUT2D eigenvalue weighted by Gasteiger charge is 2.23. The lowest BCUT2D eigenvalue weighted by Gasteiger charge is -2.31. The van der Waals surface area contributed by atoms with Gasteiger partial charge in [0.25, 0.3) is 0 Å². The van der Waals surface area contributed by atoms with Crippen molar-refractivity contribution in [1.29, 1.82) is 0 Å². The fourth-order valence-corrected chi connectivity index (χ4v) is 2.58. The first-order chi connectivity index (χ1) is 8.69. The van der Waals surface area contributed by atoms with E-state index in [-0.39, 0.29) is 12.0 Å². The number of alkyl halides is 1. The second-order valence-corrected chi connectivity index (χ2v) is 5.29. The van der Waals surface area contributed by atoms with E-state index in [2.05, 4.69) is 15.9 Å². The van der Waals surface area contributed by atoms with E-state index in [9.17, 15) is 4.79 Å². The van der Waals surface area contributed by atoms with Gasteiger partial charge in [-0.25, -0.2) is 0 Å². The van der Waals surface area contributed by atoms with Crippen molar-refractivity contribution < 1.29 is 9.53 Å². The van der Waals surface area contributed by atoms with E-state index in [0.29, 0.717) is 10.4 Å². The van der Waals surface area contributed by atoms with Crippen molar-refractivity contribution in [2.75, 3.05) is 18.4 Å². The Morgan fingerprint density at radius 2 is 2.17 bits per heavy atom. The smallest absolute Gasteiger partial charge is 0.233 e. The maximum Gasteiger partial charge on any atom is 0.233 e. The van der Waals surface area contributed by atoms with Crippen LogP contribution in [0.25, 0.3) is 0 Å². The number of likely N-dealkylation sites (tertiary alicyclic amines) is 1. The van der Waals surface area contributed by atoms with Crippen molar-refractivity contribution >= 4 is 33.4 Å². The minimum absolute atomic E-state index is 0.149. The fourth-order valence-electron chi connectivity index (χ4n) is 2.04. The number of rotatable bonds is 3. The van der Waals surface area contributed by atoms with Gasteiger partial charge in [-0.05, 0) is 18.2 Å². The minimum Gasteiger partial charge on any atom is -0.490 e. The normalized spacial score (nSPS) is 16.7. The van der Waals surface area contributed by atoms with Crippen LogP contribution in [0.4, 0.5) is 0 Å². The quantitative estimate of drug-likeness (QED) is 0.796. The topological polar surface area (TPSA) is 29.5 Å². The molecule has 1 aliphatic heterocycles. The van der Waals surface area contributed by atoms with Crippen LogP contribution in [0.3, 0.4) is 0 Å². The van der Waals surface area contributed by atoms with Crippen LogP contribution in [0.1, 0.15) is 12.8 Å². The van der Waals surface area contributed by atoms with E-state index in [1.807, 2.05) is 29.2 Å². The van der Waals surface area contributed by atoms with Crippen LogP contribution in [0.2, 0.25) is 5.02 Å². The maximum absolute atomic E-state index is 11.5. The zero-order valence-electron chi connectivity index (χ0n) is 9.94. The number of hydrogen-bond acceptors (Lipinski definition) is 2. The summed E-state index contributed by atoms with van der Waals surface area (Å²) in [4.78, 5) is 13.4. The highest BCUT2D eigenvalue weighted by atomic mass is 79.9. The third kappa shape index (κ3) is 3.62. The summed E-state index contributed by atoms with van der Waals surface area (Å²) in [7, 11) is 0. The first-order valence-corrected chi connectivity index (χ1v) is 7.45. The zero-order chi connectivity index (χ0) is 13.0. The Labute approximate surface area is 120 Å². The summed E-state index contributed by atoms with van der Waals surface area (Å²) >= 11 is 9.10. The molecule has 0 aromatic heterocycles. The minimum atomic E-state index is 0.149. The Kier molecular flexibility index (Phi) is 4.89. The van der Waals surface area contributed by atoms with Crippen LogP contribution in [-0.2, 0) is 4.79 Å². The van der Waals surface area contributed by atoms with Gasteiger partial charge in [0, 0.05) is 31.0 Å². The van der Waals surface area contributed by atoms with Crippen molar-refractivity contribution in [3.8, 4) is 5.75 Å². The van der Waals surface area contributed by atoms with Gasteiger partial charge in [-0.3, -0.25) is 4.79 Å². The molecule has 0 N–H and O–H groups in total. The van der Waals surface area contributed by atoms with E-state index in [1.54, 1.807) is 0 Å². The second kappa shape index (κ2) is 6.43. The van der Waals surface area contributed by atoms with Gasteiger partial charge in [0.15, 0.2) is 0 Å². The van der Waals surface area contributed by atoms with Crippen LogP contribution >= 0.6 is 27.5 Å². The van der Waals surface area contributed by atoms with E-state index >= 15 is 0 Å². The van der Waals surface area contributed by atoms with Gasteiger partial charge in [0.1, 0.15) is 11.9 Å². The summed E-state index contributed by atoms with van der Waals surface area (Å²) in [5.41, 5.74) is 0. The lowest BCUT2D eigenvalue weighted by atomic mass is 10.1. The van der Waals surface area contributed by atoms with Crippen molar-refractivity contribution in [2.45, 2.75) is 18.9 Å². The molecule has 3 nitrogen and oxygen atoms in total. The van der Waals surface area contributed by atoms with Crippen molar-refractivity contribution in [2.24, 2.45) is 0 Å². The summed E-state index contributed by atoms with van der Waals surface area (Å²) in [5.74, 6) is 0.948. The highest BCUT2D eigenvalue weighted by molar-refractivity contribution is 9.09. The molecule has 0 unspecified atom stereocenters. The van der Waals surface area contributed by atoms with Gasteiger partial charge in [-0.1, -0.05) is 33.6 Å². The van der Waals surface area contributed by atoms with E-state index in [4.69, 9.17) is 16.3 Å². The number of piperidine rings is 1. The van der Waals surface area contributed by atoms with E-state index in [1.165, 1.54) is 0 Å². The average Bonchev–Trinajstić information content (AvgIpc) is 2.39. The van der Waals surface area contributed by atoms with Gasteiger partial charge in [0.05, 0.1) is 5.33 Å². The Bertz CT molecular complexity index is 419. The molecule has 1 aliphatic rings. The SMILES string of the molecule is O=C(CBr)N1CCC(Oc2cccc(Cl)c2)CC1. The number of carbonyl (C=O) groups is 1. The predicted molar refractivity (Wildman–Crippen MR) is 75.5 cm³/mol. The van der Waals surface area contributed by atoms with Gasteiger partial charge >= 0.3 is 0 Å². The molecule has 1 aromatic rings. The zero-order valence-corrected chi connectivity index (χ0v) is 12.3. The molecule has 0 radical (unpaired) electrons. The highest BCUT2D eigenvalue weighted by Crippen LogP contribution is 2.22. The van der Waals surface area contributed by atoms with Crippen molar-refractivity contribution in [1.82, 2.24) is 4.90 Å². The van der Waals surface area contributed by atoms with Crippen LogP contribution < -0.4 is 4.74 Å². The third-order valence-electron chi connectivity index (χ3n) is 3.01. The molecule has 1 heterocycles. The molecule has 1 fully saturated rings. The molecule has 5 heteroatoms. The van der Waals surface area contributed by atoms with Crippen LogP contribution in [0.5, 0.6) is 5.75 Å². The van der Waals surface area contributed by atoms with Crippen molar-refractivity contribution in [3.63, 3.8) is 0 Å². The number of carbonyl (C=O) groups excluding carboxylic acids is 1. The maximum atomic E-state index is 11.5. The van der Waals surface area contributed by atoms with E-state index in [0.717, 1.165) is 31.7 Å². The second-order valence-electron chi connectivity index (χ2n) is 4.29. The summed E-state index contributed by atoms with van der Waals surface area (Å²) in [6, 6.07) is 7.42. The lowest BCUT2D eigenvalue weighted by molar-refractivity contribution is -0.130. The predicted octanol–water partition coefficient (Wildman–Crippen LogP) is 3.10. The van der Waals surface area contributed by atoms with Gasteiger partial charge in [0.2, 0.25) is 5.91 Å². The average molecular weight is 333 g/mol. The monoisotopic (exact) mass is 331 g/mol. The Morgan fingerprint density at radius 3 is 2.78 bits per heavy atom. The fraction of sp³-hybridized carbons (Fsp3) is 0.462. The number of halogens is 2. The van der Waals surface area contributed by atoms with Gasteiger partial charge < -0.3 is 9.64 Å². The molecule has 0 atom stereocenters. The largest absolute Gasteiger partial charge is 0.490 e. The first-order valence-electron chi connectivity index (χ1n) is 5.95. The molecule has 98 valence electrons. The first kappa shape index (κ1) is 13.7. The molecular weight excluding hydrogens is 318 g/mol. The number of nitrogens with zero attached hydrogens (tertiary/aromatic N) is 1. The molecule has 0 spiro atoms. The van der Waals surface area contributed by atoms with Crippen molar-refractivity contribution in [3.05, 3.63) is 29.3 Å². The van der Waals surface area contributed by atoms with Gasteiger partial charge in [-0.15, -0.1) is 0 Å². The summed E-state index contributed by atoms with van der Waals surface area (Å²) < 4.78 is 5.86. The summed E-state index contributed by atoms with van der Waals surface area (Å²) in [5, 5.41) is 1.08. The Hall–Kier alpha value is -0.740.